The van der Waals surface area contributed by atoms with E-state index in [1.807, 2.05) is 4.72 Å². The standard InChI is InChI=1S/C13H9NO5S2/c15-13-9-5-1-2-6-10(9)20(16,17)11-7-3-4-8-12(11)21(18,19)14-13/h1-8H,(H,14,15). The molecule has 0 bridgehead atoms. The van der Waals surface area contributed by atoms with Crippen LogP contribution in [0.5, 0.6) is 0 Å². The molecule has 0 unspecified atom stereocenters. The van der Waals surface area contributed by atoms with Gasteiger partial charge in [0, 0.05) is 0 Å². The molecule has 1 N–H and O–H groups in total. The lowest BCUT2D eigenvalue weighted by atomic mass is 10.2. The van der Waals surface area contributed by atoms with Gasteiger partial charge in [0.15, 0.2) is 0 Å². The maximum atomic E-state index is 12.7. The monoisotopic (exact) mass is 323 g/mol. The number of amides is 1. The Labute approximate surface area is 121 Å². The quantitative estimate of drug-likeness (QED) is 0.778. The van der Waals surface area contributed by atoms with Crippen molar-refractivity contribution in [1.29, 1.82) is 0 Å². The molecular formula is C13H9NO5S2. The number of carbonyl (C=O) groups excluding carboxylic acids is 1. The molecule has 108 valence electrons. The number of nitrogens with one attached hydrogen (secondary N) is 1. The summed E-state index contributed by atoms with van der Waals surface area (Å²) in [6.07, 6.45) is 0. The lowest BCUT2D eigenvalue weighted by Crippen LogP contribution is -2.34. The predicted molar refractivity (Wildman–Crippen MR) is 73.0 cm³/mol. The van der Waals surface area contributed by atoms with Crippen LogP contribution in [0.15, 0.2) is 63.2 Å². The van der Waals surface area contributed by atoms with Crippen LogP contribution in [0.1, 0.15) is 10.4 Å². The lowest BCUT2D eigenvalue weighted by molar-refractivity contribution is 0.0978. The molecule has 0 radical (unpaired) electrons. The smallest absolute Gasteiger partial charge is 0.266 e. The van der Waals surface area contributed by atoms with E-state index < -0.39 is 30.7 Å². The number of carbonyl (C=O) groups is 1. The predicted octanol–water partition coefficient (Wildman–Crippen LogP) is 0.952. The minimum atomic E-state index is -4.24. The molecule has 0 saturated carbocycles. The molecule has 0 spiro atoms. The summed E-state index contributed by atoms with van der Waals surface area (Å²) in [5.41, 5.74) is -0.199. The molecule has 1 amide bonds. The maximum Gasteiger partial charge on any atom is 0.266 e. The third-order valence-corrected chi connectivity index (χ3v) is 6.46. The largest absolute Gasteiger partial charge is 0.268 e. The van der Waals surface area contributed by atoms with Crippen LogP contribution >= 0.6 is 0 Å². The molecule has 6 nitrogen and oxygen atoms in total. The second kappa shape index (κ2) is 4.40. The van der Waals surface area contributed by atoms with Gasteiger partial charge < -0.3 is 0 Å². The highest BCUT2D eigenvalue weighted by molar-refractivity contribution is 7.94. The van der Waals surface area contributed by atoms with E-state index in [9.17, 15) is 21.6 Å². The van der Waals surface area contributed by atoms with Crippen molar-refractivity contribution in [2.45, 2.75) is 14.7 Å². The number of rotatable bonds is 0. The molecule has 0 saturated heterocycles. The van der Waals surface area contributed by atoms with Crippen molar-refractivity contribution >= 4 is 25.8 Å². The summed E-state index contributed by atoms with van der Waals surface area (Å²) in [6.45, 7) is 0. The molecule has 0 aromatic heterocycles. The second-order valence-electron chi connectivity index (χ2n) is 4.38. The van der Waals surface area contributed by atoms with Gasteiger partial charge in [0.1, 0.15) is 4.90 Å². The van der Waals surface area contributed by atoms with E-state index >= 15 is 0 Å². The van der Waals surface area contributed by atoms with Crippen LogP contribution in [0.2, 0.25) is 0 Å². The second-order valence-corrected chi connectivity index (χ2v) is 7.92. The fourth-order valence-electron chi connectivity index (χ4n) is 2.13. The number of hydrogen-bond acceptors (Lipinski definition) is 5. The van der Waals surface area contributed by atoms with Crippen molar-refractivity contribution in [2.24, 2.45) is 0 Å². The fourth-order valence-corrected chi connectivity index (χ4v) is 5.38. The Balaban J connectivity index is 2.49. The van der Waals surface area contributed by atoms with Gasteiger partial charge >= 0.3 is 0 Å². The minimum Gasteiger partial charge on any atom is -0.268 e. The van der Waals surface area contributed by atoms with Crippen LogP contribution in [0, 0.1) is 0 Å². The van der Waals surface area contributed by atoms with Crippen molar-refractivity contribution < 1.29 is 21.6 Å². The average molecular weight is 323 g/mol. The highest BCUT2D eigenvalue weighted by atomic mass is 32.2. The number of sulfonamides is 1. The number of fused-ring (bicyclic) bond motifs is 2. The van der Waals surface area contributed by atoms with Gasteiger partial charge in [0.05, 0.1) is 15.4 Å². The summed E-state index contributed by atoms with van der Waals surface area (Å²) in [7, 11) is -8.35. The molecule has 8 heteroatoms. The van der Waals surface area contributed by atoms with Crippen molar-refractivity contribution in [3.8, 4) is 0 Å². The van der Waals surface area contributed by atoms with Gasteiger partial charge in [-0.15, -0.1) is 0 Å². The van der Waals surface area contributed by atoms with E-state index in [4.69, 9.17) is 0 Å². The van der Waals surface area contributed by atoms with Crippen LogP contribution in [0.4, 0.5) is 0 Å². The third kappa shape index (κ3) is 2.03. The first kappa shape index (κ1) is 13.8. The average Bonchev–Trinajstić information content (AvgIpc) is 2.46. The summed E-state index contributed by atoms with van der Waals surface area (Å²) >= 11 is 0. The molecule has 2 aromatic rings. The summed E-state index contributed by atoms with van der Waals surface area (Å²) in [5.74, 6) is -0.969. The van der Waals surface area contributed by atoms with Gasteiger partial charge in [0.2, 0.25) is 9.84 Å². The maximum absolute atomic E-state index is 12.7. The normalized spacial score (nSPS) is 18.6. The van der Waals surface area contributed by atoms with Gasteiger partial charge in [-0.2, -0.15) is 0 Å². The molecule has 2 aromatic carbocycles. The summed E-state index contributed by atoms with van der Waals surface area (Å²) in [4.78, 5) is 11.0. The highest BCUT2D eigenvalue weighted by Gasteiger charge is 2.34. The van der Waals surface area contributed by atoms with Crippen LogP contribution in [-0.4, -0.2) is 22.7 Å². The van der Waals surface area contributed by atoms with Crippen molar-refractivity contribution in [3.05, 3.63) is 54.1 Å². The van der Waals surface area contributed by atoms with Gasteiger partial charge in [-0.25, -0.2) is 21.6 Å². The molecule has 21 heavy (non-hydrogen) atoms. The van der Waals surface area contributed by atoms with E-state index in [-0.39, 0.29) is 15.4 Å². The van der Waals surface area contributed by atoms with Crippen LogP contribution in [0.3, 0.4) is 0 Å². The van der Waals surface area contributed by atoms with Gasteiger partial charge in [-0.05, 0) is 24.3 Å². The SMILES string of the molecule is O=C1NS(=O)(=O)c2ccccc2S(=O)(=O)c2ccccc21. The van der Waals surface area contributed by atoms with E-state index in [0.29, 0.717) is 0 Å². The summed E-state index contributed by atoms with van der Waals surface area (Å²) in [6, 6.07) is 10.7. The van der Waals surface area contributed by atoms with Crippen LogP contribution < -0.4 is 4.72 Å². The highest BCUT2D eigenvalue weighted by Crippen LogP contribution is 2.31. The number of hydrogen-bond donors (Lipinski definition) is 1. The Morgan fingerprint density at radius 3 is 1.90 bits per heavy atom. The molecule has 0 fully saturated rings. The van der Waals surface area contributed by atoms with Gasteiger partial charge in [-0.3, -0.25) is 4.79 Å². The number of sulfone groups is 1. The topological polar surface area (TPSA) is 97.4 Å². The fraction of sp³-hybridized carbons (Fsp3) is 0. The van der Waals surface area contributed by atoms with E-state index in [1.165, 1.54) is 42.5 Å². The third-order valence-electron chi connectivity index (χ3n) is 3.08. The molecule has 1 heterocycles. The Morgan fingerprint density at radius 1 is 0.714 bits per heavy atom. The Hall–Kier alpha value is -2.19. The molecule has 3 rings (SSSR count). The van der Waals surface area contributed by atoms with Crippen molar-refractivity contribution in [2.75, 3.05) is 0 Å². The summed E-state index contributed by atoms with van der Waals surface area (Å²) < 4.78 is 51.5. The zero-order chi connectivity index (χ0) is 15.3. The van der Waals surface area contributed by atoms with E-state index in [1.54, 1.807) is 0 Å². The molecule has 1 aliphatic rings. The molecule has 1 aliphatic heterocycles. The lowest BCUT2D eigenvalue weighted by Gasteiger charge is -2.17. The van der Waals surface area contributed by atoms with Gasteiger partial charge in [0.25, 0.3) is 15.9 Å². The van der Waals surface area contributed by atoms with Crippen molar-refractivity contribution in [1.82, 2.24) is 4.72 Å². The Kier molecular flexibility index (Phi) is 2.89. The first-order valence-corrected chi connectivity index (χ1v) is 8.81. The zero-order valence-corrected chi connectivity index (χ0v) is 12.1. The van der Waals surface area contributed by atoms with E-state index in [0.717, 1.165) is 6.07 Å². The molecule has 0 aliphatic carbocycles. The number of benzene rings is 2. The Morgan fingerprint density at radius 2 is 1.24 bits per heavy atom. The first-order valence-electron chi connectivity index (χ1n) is 5.84. The molecule has 0 atom stereocenters. The van der Waals surface area contributed by atoms with Crippen molar-refractivity contribution in [3.63, 3.8) is 0 Å². The molecular weight excluding hydrogens is 314 g/mol. The minimum absolute atomic E-state index is 0.199. The van der Waals surface area contributed by atoms with Crippen LogP contribution in [-0.2, 0) is 19.9 Å². The summed E-state index contributed by atoms with van der Waals surface area (Å²) in [5, 5.41) is 0. The van der Waals surface area contributed by atoms with Crippen LogP contribution in [0.25, 0.3) is 0 Å². The van der Waals surface area contributed by atoms with Gasteiger partial charge in [-0.1, -0.05) is 24.3 Å². The zero-order valence-electron chi connectivity index (χ0n) is 10.5. The van der Waals surface area contributed by atoms with E-state index in [2.05, 4.69) is 0 Å². The first-order chi connectivity index (χ1) is 9.84. The Bertz CT molecular complexity index is 962.